The van der Waals surface area contributed by atoms with Crippen LogP contribution in [0, 0.1) is 0 Å². The fourth-order valence-corrected chi connectivity index (χ4v) is 3.72. The lowest BCUT2D eigenvalue weighted by Crippen LogP contribution is -2.37. The summed E-state index contributed by atoms with van der Waals surface area (Å²) in [4.78, 5) is 27.5. The highest BCUT2D eigenvalue weighted by Gasteiger charge is 2.17. The standard InChI is InChI=1S/C23H23N7O3/c1-29-20-6-3-15(11-16(20)13-25-29)19-12-21(28-23(27-19)30-7-9-33-10-8-30)26-17-4-5-18(24-14-17)22(31)32-2/h3-6,11-14H,7-10H2,1-2H3,(H,26,27,28). The van der Waals surface area contributed by atoms with Gasteiger partial charge in [0.05, 0.1) is 49.6 Å². The number of carbonyl (C=O) groups is 1. The molecular weight excluding hydrogens is 422 g/mol. The number of methoxy groups -OCH3 is 1. The van der Waals surface area contributed by atoms with Gasteiger partial charge in [0.2, 0.25) is 5.95 Å². The normalized spacial score (nSPS) is 13.8. The summed E-state index contributed by atoms with van der Waals surface area (Å²) in [7, 11) is 3.25. The number of aryl methyl sites for hydroxylation is 1. The summed E-state index contributed by atoms with van der Waals surface area (Å²) in [5.74, 6) is 0.774. The van der Waals surface area contributed by atoms with Gasteiger partial charge in [-0.25, -0.2) is 14.8 Å². The molecule has 0 aliphatic carbocycles. The van der Waals surface area contributed by atoms with Crippen LogP contribution in [0.25, 0.3) is 22.2 Å². The van der Waals surface area contributed by atoms with Crippen molar-refractivity contribution < 1.29 is 14.3 Å². The molecule has 4 aromatic rings. The van der Waals surface area contributed by atoms with E-state index in [1.165, 1.54) is 7.11 Å². The van der Waals surface area contributed by atoms with Gasteiger partial charge in [-0.05, 0) is 24.3 Å². The predicted molar refractivity (Wildman–Crippen MR) is 124 cm³/mol. The van der Waals surface area contributed by atoms with Crippen molar-refractivity contribution >= 4 is 34.3 Å². The molecule has 0 amide bonds. The highest BCUT2D eigenvalue weighted by Crippen LogP contribution is 2.28. The number of morpholine rings is 1. The molecule has 10 nitrogen and oxygen atoms in total. The molecule has 4 heterocycles. The van der Waals surface area contributed by atoms with Crippen molar-refractivity contribution in [1.82, 2.24) is 24.7 Å². The Morgan fingerprint density at radius 1 is 1.09 bits per heavy atom. The maximum atomic E-state index is 11.7. The SMILES string of the molecule is COC(=O)c1ccc(Nc2cc(-c3ccc4c(cnn4C)c3)nc(N3CCOCC3)n2)cn1. The van der Waals surface area contributed by atoms with Gasteiger partial charge in [-0.15, -0.1) is 0 Å². The van der Waals surface area contributed by atoms with Crippen molar-refractivity contribution in [2.24, 2.45) is 7.05 Å². The number of fused-ring (bicyclic) bond motifs is 1. The first-order chi connectivity index (χ1) is 16.1. The van der Waals surface area contributed by atoms with Crippen LogP contribution in [0.1, 0.15) is 10.5 Å². The molecule has 1 aliphatic rings. The number of esters is 1. The molecule has 5 rings (SSSR count). The van der Waals surface area contributed by atoms with E-state index in [1.54, 1.807) is 18.3 Å². The molecule has 0 atom stereocenters. The Labute approximate surface area is 190 Å². The first-order valence-electron chi connectivity index (χ1n) is 10.6. The minimum Gasteiger partial charge on any atom is -0.464 e. The minimum absolute atomic E-state index is 0.241. The van der Waals surface area contributed by atoms with Crippen LogP contribution < -0.4 is 10.2 Å². The first kappa shape index (κ1) is 20.8. The second kappa shape index (κ2) is 8.83. The lowest BCUT2D eigenvalue weighted by molar-refractivity contribution is 0.0594. The van der Waals surface area contributed by atoms with Gasteiger partial charge in [0.1, 0.15) is 11.5 Å². The van der Waals surface area contributed by atoms with Gasteiger partial charge in [0.25, 0.3) is 0 Å². The molecule has 0 saturated carbocycles. The molecule has 0 spiro atoms. The molecular formula is C23H23N7O3. The summed E-state index contributed by atoms with van der Waals surface area (Å²) in [6.45, 7) is 2.72. The van der Waals surface area contributed by atoms with Crippen molar-refractivity contribution in [3.63, 3.8) is 0 Å². The third-order valence-electron chi connectivity index (χ3n) is 5.48. The van der Waals surface area contributed by atoms with E-state index < -0.39 is 5.97 Å². The Kier molecular flexibility index (Phi) is 5.57. The molecule has 0 unspecified atom stereocenters. The molecule has 0 bridgehead atoms. The average Bonchev–Trinajstić information content (AvgIpc) is 3.24. The zero-order chi connectivity index (χ0) is 22.8. The lowest BCUT2D eigenvalue weighted by atomic mass is 10.1. The number of nitrogens with zero attached hydrogens (tertiary/aromatic N) is 6. The number of hydrogen-bond acceptors (Lipinski definition) is 9. The molecule has 10 heteroatoms. The van der Waals surface area contributed by atoms with E-state index in [-0.39, 0.29) is 5.69 Å². The molecule has 0 radical (unpaired) electrons. The number of hydrogen-bond donors (Lipinski definition) is 1. The summed E-state index contributed by atoms with van der Waals surface area (Å²) in [6.07, 6.45) is 3.42. The number of anilines is 3. The van der Waals surface area contributed by atoms with E-state index in [2.05, 4.69) is 26.4 Å². The Hall–Kier alpha value is -4.05. The fourth-order valence-electron chi connectivity index (χ4n) is 3.72. The van der Waals surface area contributed by atoms with E-state index in [9.17, 15) is 4.79 Å². The minimum atomic E-state index is -0.480. The number of aromatic nitrogens is 5. The number of rotatable bonds is 5. The van der Waals surface area contributed by atoms with Crippen LogP contribution in [0.5, 0.6) is 0 Å². The third kappa shape index (κ3) is 4.33. The Morgan fingerprint density at radius 3 is 2.70 bits per heavy atom. The van der Waals surface area contributed by atoms with Gasteiger partial charge in [-0.3, -0.25) is 4.68 Å². The van der Waals surface area contributed by atoms with Crippen LogP contribution in [-0.4, -0.2) is 64.1 Å². The molecule has 1 aliphatic heterocycles. The van der Waals surface area contributed by atoms with Crippen LogP contribution in [0.15, 0.2) is 48.8 Å². The monoisotopic (exact) mass is 445 g/mol. The van der Waals surface area contributed by atoms with Crippen LogP contribution in [0.3, 0.4) is 0 Å². The molecule has 168 valence electrons. The number of carbonyl (C=O) groups excluding carboxylic acids is 1. The first-order valence-corrected chi connectivity index (χ1v) is 10.6. The van der Waals surface area contributed by atoms with Crippen molar-refractivity contribution in [2.75, 3.05) is 43.6 Å². The molecule has 1 N–H and O–H groups in total. The smallest absolute Gasteiger partial charge is 0.356 e. The number of benzene rings is 1. The van der Waals surface area contributed by atoms with Crippen molar-refractivity contribution in [3.8, 4) is 11.3 Å². The van der Waals surface area contributed by atoms with Crippen LogP contribution in [-0.2, 0) is 16.5 Å². The zero-order valence-electron chi connectivity index (χ0n) is 18.4. The number of pyridine rings is 1. The van der Waals surface area contributed by atoms with Crippen LogP contribution in [0.4, 0.5) is 17.5 Å². The Bertz CT molecular complexity index is 1300. The maximum Gasteiger partial charge on any atom is 0.356 e. The van der Waals surface area contributed by atoms with Gasteiger partial charge < -0.3 is 19.7 Å². The van der Waals surface area contributed by atoms with E-state index in [0.717, 1.165) is 35.2 Å². The van der Waals surface area contributed by atoms with E-state index in [4.69, 9.17) is 19.4 Å². The molecule has 1 aromatic carbocycles. The van der Waals surface area contributed by atoms with Gasteiger partial charge in [-0.1, -0.05) is 6.07 Å². The second-order valence-corrected chi connectivity index (χ2v) is 7.63. The largest absolute Gasteiger partial charge is 0.464 e. The van der Waals surface area contributed by atoms with Gasteiger partial charge in [-0.2, -0.15) is 10.1 Å². The average molecular weight is 445 g/mol. The summed E-state index contributed by atoms with van der Waals surface area (Å²) < 4.78 is 12.0. The van der Waals surface area contributed by atoms with Gasteiger partial charge >= 0.3 is 5.97 Å². The van der Waals surface area contributed by atoms with Crippen molar-refractivity contribution in [1.29, 1.82) is 0 Å². The highest BCUT2D eigenvalue weighted by molar-refractivity contribution is 5.87. The summed E-state index contributed by atoms with van der Waals surface area (Å²) >= 11 is 0. The van der Waals surface area contributed by atoms with E-state index >= 15 is 0 Å². The molecule has 1 saturated heterocycles. The van der Waals surface area contributed by atoms with Crippen molar-refractivity contribution in [2.45, 2.75) is 0 Å². The van der Waals surface area contributed by atoms with Gasteiger partial charge in [0, 0.05) is 37.2 Å². The highest BCUT2D eigenvalue weighted by atomic mass is 16.5. The third-order valence-corrected chi connectivity index (χ3v) is 5.48. The molecule has 33 heavy (non-hydrogen) atoms. The lowest BCUT2D eigenvalue weighted by Gasteiger charge is -2.27. The molecule has 3 aromatic heterocycles. The molecule has 1 fully saturated rings. The predicted octanol–water partition coefficient (Wildman–Crippen LogP) is 2.79. The van der Waals surface area contributed by atoms with Crippen LogP contribution >= 0.6 is 0 Å². The summed E-state index contributed by atoms with van der Waals surface area (Å²) in [5.41, 5.74) is 3.75. The Morgan fingerprint density at radius 2 is 1.94 bits per heavy atom. The quantitative estimate of drug-likeness (QED) is 0.464. The Balaban J connectivity index is 1.51. The number of nitrogens with one attached hydrogen (secondary N) is 1. The number of ether oxygens (including phenoxy) is 2. The zero-order valence-corrected chi connectivity index (χ0v) is 18.4. The van der Waals surface area contributed by atoms with Crippen LogP contribution in [0.2, 0.25) is 0 Å². The van der Waals surface area contributed by atoms with E-state index in [0.29, 0.717) is 30.7 Å². The van der Waals surface area contributed by atoms with Gasteiger partial charge in [0.15, 0.2) is 0 Å². The fraction of sp³-hybridized carbons (Fsp3) is 0.261. The summed E-state index contributed by atoms with van der Waals surface area (Å²) in [6, 6.07) is 11.4. The maximum absolute atomic E-state index is 11.7. The second-order valence-electron chi connectivity index (χ2n) is 7.63. The van der Waals surface area contributed by atoms with E-state index in [1.807, 2.05) is 36.1 Å². The van der Waals surface area contributed by atoms with Crippen molar-refractivity contribution in [3.05, 3.63) is 54.5 Å². The summed E-state index contributed by atoms with van der Waals surface area (Å²) in [5, 5.41) is 8.65. The topological polar surface area (TPSA) is 107 Å².